The van der Waals surface area contributed by atoms with Crippen LogP contribution in [-0.4, -0.2) is 20.6 Å². The molecule has 5 nitrogen and oxygen atoms in total. The van der Waals surface area contributed by atoms with Crippen molar-refractivity contribution < 1.29 is 27.5 Å². The van der Waals surface area contributed by atoms with E-state index in [9.17, 15) is 18.0 Å². The Morgan fingerprint density at radius 3 is 2.55 bits per heavy atom. The van der Waals surface area contributed by atoms with Gasteiger partial charge in [-0.05, 0) is 55.3 Å². The van der Waals surface area contributed by atoms with E-state index in [1.54, 1.807) is 6.92 Å². The van der Waals surface area contributed by atoms with Crippen LogP contribution in [0.1, 0.15) is 29.0 Å². The molecular weight excluding hydrogens is 409 g/mol. The van der Waals surface area contributed by atoms with Gasteiger partial charge in [0.05, 0.1) is 17.8 Å². The highest BCUT2D eigenvalue weighted by atomic mass is 19.4. The van der Waals surface area contributed by atoms with Crippen molar-refractivity contribution in [1.29, 1.82) is 0 Å². The number of hydrogen-bond acceptors (Lipinski definition) is 3. The minimum absolute atomic E-state index is 0.0575. The second-order valence-electron chi connectivity index (χ2n) is 7.29. The van der Waals surface area contributed by atoms with E-state index in [4.69, 9.17) is 9.52 Å². The number of carbonyl (C=O) groups is 1. The van der Waals surface area contributed by atoms with Gasteiger partial charge in [-0.15, -0.1) is 0 Å². The van der Waals surface area contributed by atoms with Crippen molar-refractivity contribution in [2.75, 3.05) is 0 Å². The molecule has 0 aliphatic rings. The Kier molecular flexibility index (Phi) is 5.31. The van der Waals surface area contributed by atoms with Crippen LogP contribution in [0.3, 0.4) is 0 Å². The maximum Gasteiger partial charge on any atom is 0.416 e. The van der Waals surface area contributed by atoms with Gasteiger partial charge in [-0.25, -0.2) is 4.98 Å². The second-order valence-corrected chi connectivity index (χ2v) is 7.29. The van der Waals surface area contributed by atoms with Crippen LogP contribution in [0, 0.1) is 6.92 Å². The number of halogens is 3. The molecule has 160 valence electrons. The van der Waals surface area contributed by atoms with Gasteiger partial charge >= 0.3 is 12.1 Å². The van der Waals surface area contributed by atoms with E-state index in [1.165, 1.54) is 12.1 Å². The molecule has 0 saturated heterocycles. The van der Waals surface area contributed by atoms with E-state index < -0.39 is 17.7 Å². The lowest BCUT2D eigenvalue weighted by molar-refractivity contribution is -0.138. The van der Waals surface area contributed by atoms with Gasteiger partial charge in [-0.3, -0.25) is 4.79 Å². The lowest BCUT2D eigenvalue weighted by atomic mass is 10.1. The van der Waals surface area contributed by atoms with E-state index in [0.29, 0.717) is 30.0 Å². The number of aromatic nitrogens is 2. The normalized spacial score (nSPS) is 11.9. The van der Waals surface area contributed by atoms with Gasteiger partial charge in [0.2, 0.25) is 5.89 Å². The van der Waals surface area contributed by atoms with E-state index in [1.807, 2.05) is 35.0 Å². The zero-order chi connectivity index (χ0) is 22.2. The molecule has 4 rings (SSSR count). The summed E-state index contributed by atoms with van der Waals surface area (Å²) in [5.74, 6) is 0.0210. The van der Waals surface area contributed by atoms with Crippen molar-refractivity contribution in [1.82, 2.24) is 9.55 Å². The Balaban J connectivity index is 1.59. The van der Waals surface area contributed by atoms with Crippen molar-refractivity contribution in [2.45, 2.75) is 32.5 Å². The van der Waals surface area contributed by atoms with Gasteiger partial charge in [0.15, 0.2) is 0 Å². The third-order valence-corrected chi connectivity index (χ3v) is 5.18. The first-order valence-corrected chi connectivity index (χ1v) is 9.65. The quantitative estimate of drug-likeness (QED) is 0.428. The molecule has 0 aliphatic heterocycles. The van der Waals surface area contributed by atoms with Gasteiger partial charge in [-0.1, -0.05) is 12.1 Å². The molecule has 1 N–H and O–H groups in total. The highest BCUT2D eigenvalue weighted by molar-refractivity contribution is 5.84. The maximum absolute atomic E-state index is 12.8. The highest BCUT2D eigenvalue weighted by Gasteiger charge is 2.30. The molecule has 2 aromatic carbocycles. The summed E-state index contributed by atoms with van der Waals surface area (Å²) in [4.78, 5) is 15.3. The van der Waals surface area contributed by atoms with E-state index >= 15 is 0 Å². The van der Waals surface area contributed by atoms with Gasteiger partial charge < -0.3 is 14.1 Å². The first-order valence-electron chi connectivity index (χ1n) is 9.65. The summed E-state index contributed by atoms with van der Waals surface area (Å²) < 4.78 is 46.2. The van der Waals surface area contributed by atoms with E-state index in [0.717, 1.165) is 28.6 Å². The molecule has 0 unspecified atom stereocenters. The molecule has 0 spiro atoms. The van der Waals surface area contributed by atoms with Crippen molar-refractivity contribution in [3.63, 3.8) is 0 Å². The largest absolute Gasteiger partial charge is 0.481 e. The van der Waals surface area contributed by atoms with Gasteiger partial charge in [0.1, 0.15) is 5.76 Å². The molecule has 0 bridgehead atoms. The highest BCUT2D eigenvalue weighted by Crippen LogP contribution is 2.31. The Hall–Kier alpha value is -3.55. The second kappa shape index (κ2) is 7.94. The lowest BCUT2D eigenvalue weighted by Crippen LogP contribution is -2.03. The lowest BCUT2D eigenvalue weighted by Gasteiger charge is -2.06. The number of carboxylic acids is 1. The molecule has 0 atom stereocenters. The fraction of sp³-hybridized carbons (Fsp3) is 0.217. The van der Waals surface area contributed by atoms with Crippen LogP contribution in [0.5, 0.6) is 0 Å². The fourth-order valence-electron chi connectivity index (χ4n) is 3.54. The number of nitrogens with zero attached hydrogens (tertiary/aromatic N) is 2. The van der Waals surface area contributed by atoms with Crippen molar-refractivity contribution in [3.8, 4) is 11.5 Å². The summed E-state index contributed by atoms with van der Waals surface area (Å²) in [7, 11) is 0. The molecule has 2 aromatic heterocycles. The third kappa shape index (κ3) is 4.33. The third-order valence-electron chi connectivity index (χ3n) is 5.18. The summed E-state index contributed by atoms with van der Waals surface area (Å²) in [6.07, 6.45) is -2.00. The molecule has 0 fully saturated rings. The number of benzene rings is 2. The van der Waals surface area contributed by atoms with E-state index in [-0.39, 0.29) is 12.3 Å². The average Bonchev–Trinajstić information content (AvgIpc) is 3.30. The van der Waals surface area contributed by atoms with Crippen molar-refractivity contribution >= 4 is 16.9 Å². The van der Waals surface area contributed by atoms with Gasteiger partial charge in [0, 0.05) is 29.1 Å². The predicted molar refractivity (Wildman–Crippen MR) is 109 cm³/mol. The maximum atomic E-state index is 12.8. The zero-order valence-corrected chi connectivity index (χ0v) is 16.6. The zero-order valence-electron chi connectivity index (χ0n) is 16.6. The monoisotopic (exact) mass is 428 g/mol. The number of carboxylic acid groups (broad SMARTS) is 1. The number of aliphatic carboxylic acids is 1. The Labute approximate surface area is 175 Å². The van der Waals surface area contributed by atoms with Crippen LogP contribution in [0.15, 0.2) is 59.1 Å². The summed E-state index contributed by atoms with van der Waals surface area (Å²) >= 11 is 0. The number of rotatable bonds is 6. The molecule has 4 aromatic rings. The Morgan fingerprint density at radius 1 is 1.13 bits per heavy atom. The molecule has 0 radical (unpaired) electrons. The molecule has 2 heterocycles. The van der Waals surface area contributed by atoms with Crippen LogP contribution in [-0.2, 0) is 23.9 Å². The smallest absolute Gasteiger partial charge is 0.416 e. The van der Waals surface area contributed by atoms with Crippen molar-refractivity contribution in [3.05, 3.63) is 77.3 Å². The molecule has 0 aliphatic carbocycles. The average molecular weight is 428 g/mol. The summed E-state index contributed by atoms with van der Waals surface area (Å²) in [5, 5.41) is 9.92. The van der Waals surface area contributed by atoms with Crippen molar-refractivity contribution in [2.24, 2.45) is 0 Å². The van der Waals surface area contributed by atoms with E-state index in [2.05, 4.69) is 4.98 Å². The number of alkyl halides is 3. The molecule has 0 saturated carbocycles. The number of hydrogen-bond donors (Lipinski definition) is 1. The Bertz CT molecular complexity index is 1240. The minimum Gasteiger partial charge on any atom is -0.481 e. The molecule has 0 amide bonds. The SMILES string of the molecule is Cc1nc(-c2ccc(C(F)(F)F)cc2)oc1Cn1ccc2c(CCC(=O)O)cccc21. The Morgan fingerprint density at radius 2 is 1.87 bits per heavy atom. The minimum atomic E-state index is -4.39. The summed E-state index contributed by atoms with van der Waals surface area (Å²) in [6, 6.07) is 12.4. The predicted octanol–water partition coefficient (Wildman–Crippen LogP) is 5.69. The first-order chi connectivity index (χ1) is 14.7. The number of fused-ring (bicyclic) bond motifs is 1. The molecular formula is C23H19F3N2O3. The van der Waals surface area contributed by atoms with Crippen LogP contribution in [0.4, 0.5) is 13.2 Å². The number of oxazole rings is 1. The van der Waals surface area contributed by atoms with Crippen LogP contribution in [0.25, 0.3) is 22.4 Å². The van der Waals surface area contributed by atoms with Gasteiger partial charge in [0.25, 0.3) is 0 Å². The molecule has 31 heavy (non-hydrogen) atoms. The van der Waals surface area contributed by atoms with Crippen LogP contribution >= 0.6 is 0 Å². The topological polar surface area (TPSA) is 68.3 Å². The van der Waals surface area contributed by atoms with Gasteiger partial charge in [-0.2, -0.15) is 13.2 Å². The standard InChI is InChI=1S/C23H19F3N2O3/c1-14-20(31-22(27-14)16-5-8-17(9-6-16)23(24,25)26)13-28-12-11-18-15(7-10-21(29)30)3-2-4-19(18)28/h2-6,8-9,11-12H,7,10,13H2,1H3,(H,29,30). The first kappa shape index (κ1) is 20.7. The fourth-order valence-corrected chi connectivity index (χ4v) is 3.54. The van der Waals surface area contributed by atoms with Crippen LogP contribution < -0.4 is 0 Å². The van der Waals surface area contributed by atoms with Crippen LogP contribution in [0.2, 0.25) is 0 Å². The summed E-state index contributed by atoms with van der Waals surface area (Å²) in [6.45, 7) is 2.18. The number of aryl methyl sites for hydroxylation is 2. The molecule has 8 heteroatoms. The summed E-state index contributed by atoms with van der Waals surface area (Å²) in [5.41, 5.74) is 2.29.